The molecule has 3 rings (SSSR count). The van der Waals surface area contributed by atoms with Gasteiger partial charge in [0.05, 0.1) is 12.6 Å². The first-order valence-electron chi connectivity index (χ1n) is 9.68. The van der Waals surface area contributed by atoms with Crippen LogP contribution < -0.4 is 5.32 Å². The molecule has 0 saturated carbocycles. The molecule has 2 aliphatic rings. The third-order valence-corrected chi connectivity index (χ3v) is 4.97. The molecular weight excluding hydrogens is 318 g/mol. The van der Waals surface area contributed by atoms with E-state index >= 15 is 0 Å². The summed E-state index contributed by atoms with van der Waals surface area (Å²) in [4.78, 5) is 18.6. The van der Waals surface area contributed by atoms with Crippen molar-refractivity contribution in [3.05, 3.63) is 11.6 Å². The predicted octanol–water partition coefficient (Wildman–Crippen LogP) is 2.52. The topological polar surface area (TPSA) is 72.3 Å². The molecule has 140 valence electrons. The van der Waals surface area contributed by atoms with Crippen LogP contribution in [0.4, 0.5) is 4.79 Å². The number of aromatic nitrogens is 3. The fraction of sp³-hybridized carbons (Fsp3) is 0.833. The number of piperidine rings is 1. The quantitative estimate of drug-likeness (QED) is 0.884. The number of hydrogen-bond donors (Lipinski definition) is 1. The number of fused-ring (bicyclic) bond motifs is 1. The Balaban J connectivity index is 1.50. The van der Waals surface area contributed by atoms with Gasteiger partial charge in [-0.1, -0.05) is 20.8 Å². The van der Waals surface area contributed by atoms with Gasteiger partial charge in [0.25, 0.3) is 0 Å². The lowest BCUT2D eigenvalue weighted by molar-refractivity contribution is 0.0806. The van der Waals surface area contributed by atoms with Crippen LogP contribution in [0.5, 0.6) is 0 Å². The normalized spacial score (nSPS) is 21.4. The first-order valence-corrected chi connectivity index (χ1v) is 9.68. The van der Waals surface area contributed by atoms with Crippen molar-refractivity contribution < 1.29 is 9.53 Å². The summed E-state index contributed by atoms with van der Waals surface area (Å²) in [5.41, 5.74) is 0. The van der Waals surface area contributed by atoms with Crippen LogP contribution >= 0.6 is 0 Å². The van der Waals surface area contributed by atoms with Crippen molar-refractivity contribution >= 4 is 6.09 Å². The van der Waals surface area contributed by atoms with Crippen molar-refractivity contribution in [2.24, 2.45) is 5.92 Å². The summed E-state index contributed by atoms with van der Waals surface area (Å²) in [7, 11) is 0. The Morgan fingerprint density at radius 2 is 2.04 bits per heavy atom. The van der Waals surface area contributed by atoms with E-state index in [0.29, 0.717) is 18.6 Å². The smallest absolute Gasteiger partial charge is 0.409 e. The largest absolute Gasteiger partial charge is 0.449 e. The molecule has 3 heterocycles. The molecular formula is C18H31N5O2. The van der Waals surface area contributed by atoms with Crippen LogP contribution in [-0.4, -0.2) is 51.5 Å². The monoisotopic (exact) mass is 349 g/mol. The lowest BCUT2D eigenvalue weighted by Crippen LogP contribution is -2.46. The third-order valence-electron chi connectivity index (χ3n) is 4.97. The molecule has 0 aliphatic carbocycles. The highest BCUT2D eigenvalue weighted by molar-refractivity contribution is 5.67. The average molecular weight is 349 g/mol. The maximum atomic E-state index is 12.1. The number of amides is 1. The molecule has 1 atom stereocenters. The SMILES string of the molecule is CCc1nc2n(n1)CCCC2NC1CCN(C(=O)OCC(C)C)CC1. The lowest BCUT2D eigenvalue weighted by Gasteiger charge is -2.34. The molecule has 1 unspecified atom stereocenters. The van der Waals surface area contributed by atoms with E-state index in [1.807, 2.05) is 4.90 Å². The van der Waals surface area contributed by atoms with E-state index < -0.39 is 0 Å². The van der Waals surface area contributed by atoms with Crippen molar-refractivity contribution in [2.45, 2.75) is 71.5 Å². The number of nitrogens with one attached hydrogen (secondary N) is 1. The zero-order valence-corrected chi connectivity index (χ0v) is 15.7. The van der Waals surface area contributed by atoms with E-state index in [0.717, 1.165) is 63.4 Å². The second-order valence-corrected chi connectivity index (χ2v) is 7.56. The number of ether oxygens (including phenoxy) is 1. The van der Waals surface area contributed by atoms with E-state index in [1.165, 1.54) is 0 Å². The fourth-order valence-electron chi connectivity index (χ4n) is 3.55. The van der Waals surface area contributed by atoms with Gasteiger partial charge in [-0.3, -0.25) is 0 Å². The third kappa shape index (κ3) is 4.51. The lowest BCUT2D eigenvalue weighted by atomic mass is 10.0. The van der Waals surface area contributed by atoms with Gasteiger partial charge in [-0.15, -0.1) is 0 Å². The van der Waals surface area contributed by atoms with Gasteiger partial charge in [0.2, 0.25) is 0 Å². The molecule has 1 aromatic rings. The van der Waals surface area contributed by atoms with Crippen LogP contribution in [0.2, 0.25) is 0 Å². The highest BCUT2D eigenvalue weighted by Crippen LogP contribution is 2.25. The number of likely N-dealkylation sites (tertiary alicyclic amines) is 1. The molecule has 0 aromatic carbocycles. The number of rotatable bonds is 5. The maximum Gasteiger partial charge on any atom is 0.409 e. The Morgan fingerprint density at radius 1 is 1.28 bits per heavy atom. The number of nitrogens with zero attached hydrogens (tertiary/aromatic N) is 4. The molecule has 1 N–H and O–H groups in total. The first kappa shape index (κ1) is 18.2. The Morgan fingerprint density at radius 3 is 2.72 bits per heavy atom. The van der Waals surface area contributed by atoms with Gasteiger partial charge in [0.1, 0.15) is 5.82 Å². The zero-order valence-electron chi connectivity index (χ0n) is 15.7. The van der Waals surface area contributed by atoms with Crippen LogP contribution in [-0.2, 0) is 17.7 Å². The minimum Gasteiger partial charge on any atom is -0.449 e. The summed E-state index contributed by atoms with van der Waals surface area (Å²) >= 11 is 0. The highest BCUT2D eigenvalue weighted by atomic mass is 16.6. The van der Waals surface area contributed by atoms with Crippen molar-refractivity contribution in [3.63, 3.8) is 0 Å². The zero-order chi connectivity index (χ0) is 17.8. The summed E-state index contributed by atoms with van der Waals surface area (Å²) in [6.45, 7) is 9.18. The first-order chi connectivity index (χ1) is 12.1. The van der Waals surface area contributed by atoms with Gasteiger partial charge in [-0.05, 0) is 31.6 Å². The highest BCUT2D eigenvalue weighted by Gasteiger charge is 2.29. The van der Waals surface area contributed by atoms with E-state index in [4.69, 9.17) is 9.72 Å². The van der Waals surface area contributed by atoms with Crippen LogP contribution in [0.25, 0.3) is 0 Å². The molecule has 7 heteroatoms. The minimum absolute atomic E-state index is 0.169. The molecule has 1 amide bonds. The predicted molar refractivity (Wildman–Crippen MR) is 95.3 cm³/mol. The van der Waals surface area contributed by atoms with Crippen molar-refractivity contribution in [1.82, 2.24) is 25.0 Å². The van der Waals surface area contributed by atoms with Crippen molar-refractivity contribution in [3.8, 4) is 0 Å². The Hall–Kier alpha value is -1.63. The molecule has 1 saturated heterocycles. The molecule has 1 aromatic heterocycles. The number of aryl methyl sites for hydroxylation is 2. The number of carbonyl (C=O) groups is 1. The summed E-state index contributed by atoms with van der Waals surface area (Å²) in [6.07, 6.45) is 4.88. The average Bonchev–Trinajstić information content (AvgIpc) is 3.05. The van der Waals surface area contributed by atoms with Crippen LogP contribution in [0.15, 0.2) is 0 Å². The van der Waals surface area contributed by atoms with Gasteiger partial charge in [-0.2, -0.15) is 5.10 Å². The molecule has 25 heavy (non-hydrogen) atoms. The van der Waals surface area contributed by atoms with Crippen LogP contribution in [0.3, 0.4) is 0 Å². The second kappa shape index (κ2) is 8.17. The Bertz CT molecular complexity index is 578. The van der Waals surface area contributed by atoms with Crippen molar-refractivity contribution in [1.29, 1.82) is 0 Å². The summed E-state index contributed by atoms with van der Waals surface area (Å²) < 4.78 is 7.40. The molecule has 0 spiro atoms. The standard InChI is InChI=1S/C18H31N5O2/c1-4-16-20-17-15(6-5-9-23(17)21-16)19-14-7-10-22(11-8-14)18(24)25-12-13(2)3/h13-15,19H,4-12H2,1-3H3. The molecule has 7 nitrogen and oxygen atoms in total. The molecule has 0 bridgehead atoms. The number of hydrogen-bond acceptors (Lipinski definition) is 5. The van der Waals surface area contributed by atoms with Crippen molar-refractivity contribution in [2.75, 3.05) is 19.7 Å². The second-order valence-electron chi connectivity index (χ2n) is 7.56. The molecule has 2 aliphatic heterocycles. The summed E-state index contributed by atoms with van der Waals surface area (Å²) in [5, 5.41) is 8.34. The van der Waals surface area contributed by atoms with E-state index in [-0.39, 0.29) is 12.1 Å². The number of carbonyl (C=O) groups excluding carboxylic acids is 1. The van der Waals surface area contributed by atoms with Gasteiger partial charge in [-0.25, -0.2) is 14.5 Å². The Labute approximate surface area is 150 Å². The van der Waals surface area contributed by atoms with Gasteiger partial charge in [0.15, 0.2) is 5.82 Å². The van der Waals surface area contributed by atoms with Gasteiger partial charge >= 0.3 is 6.09 Å². The summed E-state index contributed by atoms with van der Waals surface area (Å²) in [6, 6.07) is 0.707. The maximum absolute atomic E-state index is 12.1. The molecule has 0 radical (unpaired) electrons. The van der Waals surface area contributed by atoms with Crippen LogP contribution in [0, 0.1) is 5.92 Å². The van der Waals surface area contributed by atoms with Crippen LogP contribution in [0.1, 0.15) is 64.1 Å². The Kier molecular flexibility index (Phi) is 5.93. The summed E-state index contributed by atoms with van der Waals surface area (Å²) in [5.74, 6) is 2.40. The van der Waals surface area contributed by atoms with E-state index in [1.54, 1.807) is 0 Å². The van der Waals surface area contributed by atoms with Gasteiger partial charge in [0, 0.05) is 32.1 Å². The molecule has 1 fully saturated rings. The van der Waals surface area contributed by atoms with E-state index in [9.17, 15) is 4.79 Å². The van der Waals surface area contributed by atoms with E-state index in [2.05, 4.69) is 35.9 Å². The van der Waals surface area contributed by atoms with Gasteiger partial charge < -0.3 is 15.0 Å². The fourth-order valence-corrected chi connectivity index (χ4v) is 3.55. The minimum atomic E-state index is -0.169.